The van der Waals surface area contributed by atoms with Gasteiger partial charge in [-0.2, -0.15) is 4.98 Å². The first-order valence-electron chi connectivity index (χ1n) is 5.30. The minimum absolute atomic E-state index is 0.111. The van der Waals surface area contributed by atoms with Crippen molar-refractivity contribution < 1.29 is 4.79 Å². The highest BCUT2D eigenvalue weighted by molar-refractivity contribution is 9.10. The maximum Gasteiger partial charge on any atom is 0.250 e. The number of rotatable bonds is 3. The van der Waals surface area contributed by atoms with Crippen LogP contribution in [0, 0.1) is 13.8 Å². The largest absolute Gasteiger partial charge is 0.292 e. The van der Waals surface area contributed by atoms with Crippen LogP contribution in [0.1, 0.15) is 23.9 Å². The number of carbonyl (C=O) groups is 1. The standard InChI is InChI=1S/C10H13BrN4OS/c1-4-7(11)8(16)12-9-13-10-15(14-9)5(2)6(3)17-10/h7H,4H2,1-3H3,(H,12,14,16). The van der Waals surface area contributed by atoms with Gasteiger partial charge in [-0.15, -0.1) is 5.10 Å². The lowest BCUT2D eigenvalue weighted by Crippen LogP contribution is -2.22. The Kier molecular flexibility index (Phi) is 3.48. The molecule has 0 aliphatic carbocycles. The van der Waals surface area contributed by atoms with Crippen LogP contribution in [0.3, 0.4) is 0 Å². The Bertz CT molecular complexity index is 562. The van der Waals surface area contributed by atoms with Crippen LogP contribution < -0.4 is 5.32 Å². The van der Waals surface area contributed by atoms with Gasteiger partial charge in [-0.1, -0.05) is 34.2 Å². The molecular weight excluding hydrogens is 304 g/mol. The lowest BCUT2D eigenvalue weighted by molar-refractivity contribution is -0.115. The third-order valence-corrected chi connectivity index (χ3v) is 4.64. The van der Waals surface area contributed by atoms with Gasteiger partial charge in [-0.3, -0.25) is 10.1 Å². The smallest absolute Gasteiger partial charge is 0.250 e. The highest BCUT2D eigenvalue weighted by Crippen LogP contribution is 2.21. The Balaban J connectivity index is 2.23. The molecule has 0 radical (unpaired) electrons. The highest BCUT2D eigenvalue weighted by atomic mass is 79.9. The Hall–Kier alpha value is -0.950. The molecule has 7 heteroatoms. The summed E-state index contributed by atoms with van der Waals surface area (Å²) in [4.78, 5) is 17.7. The summed E-state index contributed by atoms with van der Waals surface area (Å²) >= 11 is 4.86. The third-order valence-electron chi connectivity index (χ3n) is 2.53. The molecule has 2 aromatic rings. The van der Waals surface area contributed by atoms with Crippen LogP contribution in [0.15, 0.2) is 0 Å². The van der Waals surface area contributed by atoms with Crippen LogP contribution >= 0.6 is 27.3 Å². The van der Waals surface area contributed by atoms with Crippen LogP contribution in [0.4, 0.5) is 5.95 Å². The third kappa shape index (κ3) is 2.35. The SMILES string of the molecule is CCC(Br)C(=O)Nc1nc2sc(C)c(C)n2n1. The van der Waals surface area contributed by atoms with E-state index in [1.165, 1.54) is 4.88 Å². The number of anilines is 1. The normalized spacial score (nSPS) is 12.9. The van der Waals surface area contributed by atoms with Gasteiger partial charge in [0.2, 0.25) is 16.8 Å². The average Bonchev–Trinajstić information content (AvgIpc) is 2.79. The molecule has 1 amide bonds. The first-order chi connectivity index (χ1) is 8.02. The van der Waals surface area contributed by atoms with E-state index in [0.29, 0.717) is 5.95 Å². The minimum Gasteiger partial charge on any atom is -0.292 e. The number of nitrogens with zero attached hydrogens (tertiary/aromatic N) is 3. The monoisotopic (exact) mass is 316 g/mol. The van der Waals surface area contributed by atoms with Crippen molar-refractivity contribution in [3.05, 3.63) is 10.6 Å². The lowest BCUT2D eigenvalue weighted by atomic mass is 10.3. The van der Waals surface area contributed by atoms with Gasteiger partial charge in [0.25, 0.3) is 0 Å². The first kappa shape index (κ1) is 12.5. The van der Waals surface area contributed by atoms with Crippen molar-refractivity contribution in [3.63, 3.8) is 0 Å². The van der Waals surface area contributed by atoms with Gasteiger partial charge in [-0.05, 0) is 20.3 Å². The second-order valence-corrected chi connectivity index (χ2v) is 6.03. The van der Waals surface area contributed by atoms with Crippen LogP contribution in [0.25, 0.3) is 4.96 Å². The Morgan fingerprint density at radius 3 is 2.88 bits per heavy atom. The van der Waals surface area contributed by atoms with E-state index in [4.69, 9.17) is 0 Å². The zero-order valence-corrected chi connectivity index (χ0v) is 12.2. The van der Waals surface area contributed by atoms with Gasteiger partial charge in [0.05, 0.1) is 10.5 Å². The molecule has 1 N–H and O–H groups in total. The van der Waals surface area contributed by atoms with E-state index in [-0.39, 0.29) is 10.7 Å². The molecule has 0 aromatic carbocycles. The fraction of sp³-hybridized carbons (Fsp3) is 0.500. The molecule has 1 unspecified atom stereocenters. The zero-order valence-electron chi connectivity index (χ0n) is 9.82. The molecule has 0 spiro atoms. The Morgan fingerprint density at radius 1 is 1.59 bits per heavy atom. The molecule has 2 rings (SSSR count). The first-order valence-corrected chi connectivity index (χ1v) is 7.03. The Morgan fingerprint density at radius 2 is 2.29 bits per heavy atom. The molecule has 5 nitrogen and oxygen atoms in total. The van der Waals surface area contributed by atoms with E-state index in [1.807, 2.05) is 20.8 Å². The summed E-state index contributed by atoms with van der Waals surface area (Å²) in [7, 11) is 0. The van der Waals surface area contributed by atoms with Crippen molar-refractivity contribution in [1.29, 1.82) is 0 Å². The van der Waals surface area contributed by atoms with Gasteiger partial charge in [0.15, 0.2) is 0 Å². The maximum absolute atomic E-state index is 11.7. The van der Waals surface area contributed by atoms with E-state index in [1.54, 1.807) is 15.9 Å². The second kappa shape index (κ2) is 4.73. The summed E-state index contributed by atoms with van der Waals surface area (Å²) in [6.45, 7) is 5.95. The summed E-state index contributed by atoms with van der Waals surface area (Å²) in [5.74, 6) is 0.252. The number of fused-ring (bicyclic) bond motifs is 1. The number of amides is 1. The molecule has 0 aliphatic rings. The van der Waals surface area contributed by atoms with Crippen molar-refractivity contribution in [3.8, 4) is 0 Å². The number of hydrogen-bond acceptors (Lipinski definition) is 4. The van der Waals surface area contributed by atoms with Gasteiger partial charge >= 0.3 is 0 Å². The number of aryl methyl sites for hydroxylation is 2. The number of carbonyl (C=O) groups excluding carboxylic acids is 1. The van der Waals surface area contributed by atoms with E-state index in [9.17, 15) is 4.79 Å². The van der Waals surface area contributed by atoms with E-state index >= 15 is 0 Å². The van der Waals surface area contributed by atoms with Gasteiger partial charge in [-0.25, -0.2) is 4.52 Å². The summed E-state index contributed by atoms with van der Waals surface area (Å²) in [6.07, 6.45) is 0.728. The highest BCUT2D eigenvalue weighted by Gasteiger charge is 2.16. The van der Waals surface area contributed by atoms with Gasteiger partial charge < -0.3 is 0 Å². The average molecular weight is 317 g/mol. The number of nitrogens with one attached hydrogen (secondary N) is 1. The number of hydrogen-bond donors (Lipinski definition) is 1. The number of alkyl halides is 1. The summed E-state index contributed by atoms with van der Waals surface area (Å²) < 4.78 is 1.75. The quantitative estimate of drug-likeness (QED) is 0.885. The van der Waals surface area contributed by atoms with E-state index in [2.05, 4.69) is 31.3 Å². The molecule has 0 bridgehead atoms. The summed E-state index contributed by atoms with van der Waals surface area (Å²) in [5.41, 5.74) is 1.06. The Labute approximate surface area is 111 Å². The van der Waals surface area contributed by atoms with Crippen LogP contribution in [-0.4, -0.2) is 25.3 Å². The molecule has 2 aromatic heterocycles. The predicted molar refractivity (Wildman–Crippen MR) is 72.0 cm³/mol. The molecule has 2 heterocycles. The molecule has 17 heavy (non-hydrogen) atoms. The predicted octanol–water partition coefficient (Wildman–Crippen LogP) is 2.52. The number of halogens is 1. The van der Waals surface area contributed by atoms with Crippen LogP contribution in [-0.2, 0) is 4.79 Å². The van der Waals surface area contributed by atoms with Crippen LogP contribution in [0.2, 0.25) is 0 Å². The lowest BCUT2D eigenvalue weighted by Gasteiger charge is -2.04. The number of thiazole rings is 1. The number of aromatic nitrogens is 3. The van der Waals surface area contributed by atoms with Crippen LogP contribution in [0.5, 0.6) is 0 Å². The summed E-state index contributed by atoms with van der Waals surface area (Å²) in [6, 6.07) is 0. The fourth-order valence-corrected chi connectivity index (χ4v) is 2.39. The molecule has 0 saturated carbocycles. The van der Waals surface area contributed by atoms with Crippen molar-refractivity contribution in [2.45, 2.75) is 32.0 Å². The van der Waals surface area contributed by atoms with Crippen molar-refractivity contribution in [1.82, 2.24) is 14.6 Å². The maximum atomic E-state index is 11.7. The van der Waals surface area contributed by atoms with Gasteiger partial charge in [0, 0.05) is 4.88 Å². The zero-order chi connectivity index (χ0) is 12.6. The molecule has 0 saturated heterocycles. The van der Waals surface area contributed by atoms with Crippen molar-refractivity contribution in [2.75, 3.05) is 5.32 Å². The second-order valence-electron chi connectivity index (χ2n) is 3.74. The molecule has 0 aliphatic heterocycles. The molecular formula is C10H13BrN4OS. The van der Waals surface area contributed by atoms with E-state index < -0.39 is 0 Å². The molecule has 92 valence electrons. The molecule has 0 fully saturated rings. The van der Waals surface area contributed by atoms with Crippen molar-refractivity contribution >= 4 is 44.1 Å². The van der Waals surface area contributed by atoms with Gasteiger partial charge in [0.1, 0.15) is 0 Å². The molecule has 1 atom stereocenters. The minimum atomic E-state index is -0.202. The fourth-order valence-electron chi connectivity index (χ4n) is 1.37. The van der Waals surface area contributed by atoms with Crippen molar-refractivity contribution in [2.24, 2.45) is 0 Å². The topological polar surface area (TPSA) is 59.3 Å². The van der Waals surface area contributed by atoms with E-state index in [0.717, 1.165) is 17.1 Å². The summed E-state index contributed by atoms with van der Waals surface area (Å²) in [5, 5.41) is 6.95.